The number of aryl methyl sites for hydroxylation is 1. The highest BCUT2D eigenvalue weighted by molar-refractivity contribution is 5.67. The molecule has 0 N–H and O–H groups in total. The largest absolute Gasteiger partial charge is 0.429 e. The highest BCUT2D eigenvalue weighted by Crippen LogP contribution is 2.51. The molecule has 0 aromatic heterocycles. The van der Waals surface area contributed by atoms with Crippen LogP contribution in [-0.2, 0) is 20.7 Å². The average Bonchev–Trinajstić information content (AvgIpc) is 3.15. The lowest BCUT2D eigenvalue weighted by molar-refractivity contribution is -0.137. The minimum Gasteiger partial charge on any atom is -0.429 e. The maximum Gasteiger partial charge on any atom is 0.307 e. The van der Waals surface area contributed by atoms with E-state index >= 15 is 0 Å². The third-order valence-corrected chi connectivity index (χ3v) is 4.11. The molecule has 0 bridgehead atoms. The summed E-state index contributed by atoms with van der Waals surface area (Å²) in [6, 6.07) is 10.5. The maximum absolute atomic E-state index is 11.1. The first-order chi connectivity index (χ1) is 9.70. The molecule has 2 atom stereocenters. The van der Waals surface area contributed by atoms with Gasteiger partial charge in [-0.2, -0.15) is 0 Å². The fraction of sp³-hybridized carbons (Fsp3) is 0.471. The predicted octanol–water partition coefficient (Wildman–Crippen LogP) is 3.39. The fourth-order valence-corrected chi connectivity index (χ4v) is 3.09. The second-order valence-corrected chi connectivity index (χ2v) is 5.64. The van der Waals surface area contributed by atoms with Crippen LogP contribution in [-0.4, -0.2) is 17.7 Å². The Kier molecular flexibility index (Phi) is 3.62. The molecular formula is C17H20O3. The Bertz CT molecular complexity index is 520. The number of epoxide rings is 1. The summed E-state index contributed by atoms with van der Waals surface area (Å²) in [6.45, 7) is 1.44. The molecule has 20 heavy (non-hydrogen) atoms. The summed E-state index contributed by atoms with van der Waals surface area (Å²) in [5.41, 5.74) is 1.31. The van der Waals surface area contributed by atoms with Gasteiger partial charge in [0.2, 0.25) is 0 Å². The normalized spacial score (nSPS) is 27.4. The first-order valence-electron chi connectivity index (χ1n) is 7.30. The Labute approximate surface area is 119 Å². The van der Waals surface area contributed by atoms with Crippen LogP contribution in [0.3, 0.4) is 0 Å². The van der Waals surface area contributed by atoms with Crippen molar-refractivity contribution in [3.8, 4) is 0 Å². The van der Waals surface area contributed by atoms with Gasteiger partial charge >= 0.3 is 5.97 Å². The van der Waals surface area contributed by atoms with Gasteiger partial charge in [-0.05, 0) is 43.7 Å². The van der Waals surface area contributed by atoms with Crippen molar-refractivity contribution in [2.45, 2.75) is 50.7 Å². The topological polar surface area (TPSA) is 38.8 Å². The van der Waals surface area contributed by atoms with Gasteiger partial charge in [-0.1, -0.05) is 30.3 Å². The molecule has 0 saturated carbocycles. The molecule has 1 aromatic carbocycles. The molecule has 106 valence electrons. The molecule has 3 nitrogen and oxygen atoms in total. The minimum atomic E-state index is -0.258. The smallest absolute Gasteiger partial charge is 0.307 e. The second kappa shape index (κ2) is 5.41. The maximum atomic E-state index is 11.1. The van der Waals surface area contributed by atoms with Crippen LogP contribution in [0.5, 0.6) is 0 Å². The van der Waals surface area contributed by atoms with Crippen molar-refractivity contribution in [1.29, 1.82) is 0 Å². The van der Waals surface area contributed by atoms with Crippen molar-refractivity contribution >= 4 is 5.97 Å². The zero-order chi connectivity index (χ0) is 14.0. The molecule has 2 aliphatic rings. The Morgan fingerprint density at radius 3 is 2.95 bits per heavy atom. The van der Waals surface area contributed by atoms with Crippen LogP contribution in [0.2, 0.25) is 0 Å². The van der Waals surface area contributed by atoms with Crippen LogP contribution in [0.25, 0.3) is 0 Å². The van der Waals surface area contributed by atoms with Crippen LogP contribution < -0.4 is 0 Å². The van der Waals surface area contributed by atoms with E-state index in [-0.39, 0.29) is 17.7 Å². The molecule has 1 heterocycles. The number of hydrogen-bond acceptors (Lipinski definition) is 3. The van der Waals surface area contributed by atoms with Gasteiger partial charge in [0.15, 0.2) is 0 Å². The van der Waals surface area contributed by atoms with Gasteiger partial charge in [-0.25, -0.2) is 0 Å². The highest BCUT2D eigenvalue weighted by atomic mass is 16.6. The summed E-state index contributed by atoms with van der Waals surface area (Å²) in [7, 11) is 0. The van der Waals surface area contributed by atoms with E-state index < -0.39 is 0 Å². The number of ether oxygens (including phenoxy) is 2. The van der Waals surface area contributed by atoms with E-state index in [1.54, 1.807) is 0 Å². The molecule has 1 fully saturated rings. The number of fused-ring (bicyclic) bond motifs is 1. The third kappa shape index (κ3) is 2.78. The van der Waals surface area contributed by atoms with Crippen molar-refractivity contribution in [3.63, 3.8) is 0 Å². The zero-order valence-corrected chi connectivity index (χ0v) is 11.8. The Morgan fingerprint density at radius 1 is 1.40 bits per heavy atom. The molecular weight excluding hydrogens is 252 g/mol. The second-order valence-electron chi connectivity index (χ2n) is 5.64. The minimum absolute atomic E-state index is 0.0101. The average molecular weight is 272 g/mol. The van der Waals surface area contributed by atoms with Crippen LogP contribution in [0, 0.1) is 0 Å². The van der Waals surface area contributed by atoms with Crippen molar-refractivity contribution in [2.75, 3.05) is 0 Å². The van der Waals surface area contributed by atoms with Gasteiger partial charge in [-0.3, -0.25) is 4.79 Å². The van der Waals surface area contributed by atoms with E-state index in [0.29, 0.717) is 0 Å². The lowest BCUT2D eigenvalue weighted by Crippen LogP contribution is -2.21. The number of allylic oxidation sites excluding steroid dienone is 1. The van der Waals surface area contributed by atoms with Crippen LogP contribution >= 0.6 is 0 Å². The van der Waals surface area contributed by atoms with E-state index in [4.69, 9.17) is 9.47 Å². The molecule has 1 aliphatic carbocycles. The van der Waals surface area contributed by atoms with Gasteiger partial charge in [0, 0.05) is 6.92 Å². The van der Waals surface area contributed by atoms with Gasteiger partial charge in [-0.15, -0.1) is 0 Å². The number of hydrogen-bond donors (Lipinski definition) is 0. The summed E-state index contributed by atoms with van der Waals surface area (Å²) in [5, 5.41) is 0. The lowest BCUT2D eigenvalue weighted by Gasteiger charge is -2.17. The summed E-state index contributed by atoms with van der Waals surface area (Å²) in [4.78, 5) is 11.1. The van der Waals surface area contributed by atoms with E-state index in [1.165, 1.54) is 12.5 Å². The van der Waals surface area contributed by atoms with Crippen LogP contribution in [0.4, 0.5) is 0 Å². The monoisotopic (exact) mass is 272 g/mol. The first-order valence-corrected chi connectivity index (χ1v) is 7.30. The highest BCUT2D eigenvalue weighted by Gasteiger charge is 2.59. The molecule has 0 amide bonds. The lowest BCUT2D eigenvalue weighted by atomic mass is 9.87. The molecule has 1 aliphatic heterocycles. The molecule has 0 radical (unpaired) electrons. The van der Waals surface area contributed by atoms with Crippen LogP contribution in [0.1, 0.15) is 38.2 Å². The summed E-state index contributed by atoms with van der Waals surface area (Å²) in [6.07, 6.45) is 7.19. The molecule has 0 unspecified atom stereocenters. The van der Waals surface area contributed by atoms with E-state index in [2.05, 4.69) is 24.3 Å². The fourth-order valence-electron chi connectivity index (χ4n) is 3.09. The molecule has 1 aromatic rings. The SMILES string of the molecule is CC(=O)OC1=CCC[C@]2(CCCc3ccccc3)O[C@H]12. The standard InChI is InChI=1S/C17H20O3/c1-13(18)19-15-10-6-12-17(16(15)20-17)11-5-9-14-7-3-2-4-8-14/h2-4,7-8,10,16H,5-6,9,11-12H2,1H3/t16-,17+/m1/s1. The molecule has 3 heteroatoms. The van der Waals surface area contributed by atoms with E-state index in [9.17, 15) is 4.79 Å². The summed E-state index contributed by atoms with van der Waals surface area (Å²) < 4.78 is 11.1. The number of rotatable bonds is 5. The Balaban J connectivity index is 1.52. The number of carbonyl (C=O) groups excluding carboxylic acids is 1. The summed E-state index contributed by atoms with van der Waals surface area (Å²) >= 11 is 0. The first kappa shape index (κ1) is 13.4. The molecule has 3 rings (SSSR count). The van der Waals surface area contributed by atoms with Crippen molar-refractivity contribution in [2.24, 2.45) is 0 Å². The molecule has 1 saturated heterocycles. The number of benzene rings is 1. The summed E-state index contributed by atoms with van der Waals surface area (Å²) in [5.74, 6) is 0.468. The van der Waals surface area contributed by atoms with Crippen molar-refractivity contribution in [3.05, 3.63) is 47.7 Å². The zero-order valence-electron chi connectivity index (χ0n) is 11.8. The van der Waals surface area contributed by atoms with E-state index in [0.717, 1.165) is 37.9 Å². The molecule has 0 spiro atoms. The van der Waals surface area contributed by atoms with Gasteiger partial charge in [0.25, 0.3) is 0 Å². The number of esters is 1. The van der Waals surface area contributed by atoms with Crippen molar-refractivity contribution in [1.82, 2.24) is 0 Å². The van der Waals surface area contributed by atoms with Gasteiger partial charge < -0.3 is 9.47 Å². The van der Waals surface area contributed by atoms with Gasteiger partial charge in [0.05, 0.1) is 0 Å². The van der Waals surface area contributed by atoms with Crippen molar-refractivity contribution < 1.29 is 14.3 Å². The third-order valence-electron chi connectivity index (χ3n) is 4.11. The van der Waals surface area contributed by atoms with E-state index in [1.807, 2.05) is 12.1 Å². The Hall–Kier alpha value is -1.61. The van der Waals surface area contributed by atoms with Gasteiger partial charge in [0.1, 0.15) is 17.5 Å². The Morgan fingerprint density at radius 2 is 2.20 bits per heavy atom. The number of carbonyl (C=O) groups is 1. The van der Waals surface area contributed by atoms with Crippen LogP contribution in [0.15, 0.2) is 42.2 Å². The quantitative estimate of drug-likeness (QED) is 0.609. The predicted molar refractivity (Wildman–Crippen MR) is 76.1 cm³/mol.